The normalized spacial score (nSPS) is 11.8. The van der Waals surface area contributed by atoms with Crippen molar-refractivity contribution < 1.29 is 14.3 Å². The van der Waals surface area contributed by atoms with Crippen molar-refractivity contribution in [3.63, 3.8) is 0 Å². The van der Waals surface area contributed by atoms with E-state index < -0.39 is 6.04 Å². The average Bonchev–Trinajstić information content (AvgIpc) is 2.71. The molecule has 0 saturated heterocycles. The second-order valence-corrected chi connectivity index (χ2v) is 8.43. The van der Waals surface area contributed by atoms with Gasteiger partial charge in [0.25, 0.3) is 5.91 Å². The number of halogens is 1. The lowest BCUT2D eigenvalue weighted by Gasteiger charge is -2.29. The molecule has 0 unspecified atom stereocenters. The smallest absolute Gasteiger partial charge is 0.261 e. The highest BCUT2D eigenvalue weighted by Gasteiger charge is 2.26. The lowest BCUT2D eigenvalue weighted by atomic mass is 10.1. The van der Waals surface area contributed by atoms with Gasteiger partial charge in [0.2, 0.25) is 5.91 Å². The third-order valence-corrected chi connectivity index (χ3v) is 5.21. The first-order chi connectivity index (χ1) is 14.2. The molecule has 0 aliphatic heterocycles. The minimum atomic E-state index is -0.629. The molecule has 0 radical (unpaired) electrons. The van der Waals surface area contributed by atoms with Crippen LogP contribution in [0.2, 0.25) is 5.02 Å². The number of benzene rings is 2. The molecular weight excluding hydrogens is 400 g/mol. The number of hydrogen-bond donors (Lipinski definition) is 1. The monoisotopic (exact) mass is 430 g/mol. The molecule has 2 amide bonds. The van der Waals surface area contributed by atoms with Gasteiger partial charge in [-0.3, -0.25) is 9.59 Å². The molecule has 2 aromatic carbocycles. The van der Waals surface area contributed by atoms with Crippen molar-refractivity contribution >= 4 is 23.4 Å². The Balaban J connectivity index is 2.13. The molecule has 2 aromatic rings. The van der Waals surface area contributed by atoms with Crippen molar-refractivity contribution in [2.45, 2.75) is 47.2 Å². The summed E-state index contributed by atoms with van der Waals surface area (Å²) in [5.41, 5.74) is 3.15. The van der Waals surface area contributed by atoms with Gasteiger partial charge in [0.15, 0.2) is 6.61 Å². The maximum atomic E-state index is 13.0. The fourth-order valence-corrected chi connectivity index (χ4v) is 2.98. The SMILES string of the molecule is Cc1ccc(OCC(=O)N(Cc2ccc(Cl)cc2)[C@@H](C)C(=O)NCC(C)C)cc1C. The summed E-state index contributed by atoms with van der Waals surface area (Å²) >= 11 is 5.97. The Bertz CT molecular complexity index is 865. The summed E-state index contributed by atoms with van der Waals surface area (Å²) in [7, 11) is 0. The Kier molecular flexibility index (Phi) is 8.72. The number of hydrogen-bond acceptors (Lipinski definition) is 3. The van der Waals surface area contributed by atoms with Crippen molar-refractivity contribution in [2.75, 3.05) is 13.2 Å². The summed E-state index contributed by atoms with van der Waals surface area (Å²) in [6, 6.07) is 12.3. The zero-order chi connectivity index (χ0) is 22.3. The molecule has 2 rings (SSSR count). The van der Waals surface area contributed by atoms with E-state index in [1.54, 1.807) is 24.0 Å². The van der Waals surface area contributed by atoms with Crippen LogP contribution >= 0.6 is 11.6 Å². The highest BCUT2D eigenvalue weighted by molar-refractivity contribution is 6.30. The van der Waals surface area contributed by atoms with E-state index in [4.69, 9.17) is 16.3 Å². The van der Waals surface area contributed by atoms with Gasteiger partial charge < -0.3 is 15.0 Å². The minimum absolute atomic E-state index is 0.141. The lowest BCUT2D eigenvalue weighted by molar-refractivity contribution is -0.142. The van der Waals surface area contributed by atoms with E-state index in [0.29, 0.717) is 29.8 Å². The highest BCUT2D eigenvalue weighted by Crippen LogP contribution is 2.18. The van der Waals surface area contributed by atoms with Gasteiger partial charge in [0.1, 0.15) is 11.8 Å². The summed E-state index contributed by atoms with van der Waals surface area (Å²) in [5, 5.41) is 3.53. The van der Waals surface area contributed by atoms with E-state index in [1.165, 1.54) is 0 Å². The van der Waals surface area contributed by atoms with Crippen molar-refractivity contribution in [1.82, 2.24) is 10.2 Å². The van der Waals surface area contributed by atoms with Crippen LogP contribution in [-0.2, 0) is 16.1 Å². The molecule has 1 N–H and O–H groups in total. The van der Waals surface area contributed by atoms with Crippen molar-refractivity contribution in [1.29, 1.82) is 0 Å². The zero-order valence-electron chi connectivity index (χ0n) is 18.4. The van der Waals surface area contributed by atoms with Crippen molar-refractivity contribution in [3.05, 3.63) is 64.2 Å². The number of carbonyl (C=O) groups excluding carboxylic acids is 2. The van der Waals surface area contributed by atoms with Crippen LogP contribution in [0.3, 0.4) is 0 Å². The third kappa shape index (κ3) is 7.06. The van der Waals surface area contributed by atoms with Gasteiger partial charge in [-0.15, -0.1) is 0 Å². The van der Waals surface area contributed by atoms with Crippen molar-refractivity contribution in [3.8, 4) is 5.75 Å². The summed E-state index contributed by atoms with van der Waals surface area (Å²) in [6.45, 7) is 10.5. The quantitative estimate of drug-likeness (QED) is 0.636. The largest absolute Gasteiger partial charge is 0.484 e. The third-order valence-electron chi connectivity index (χ3n) is 4.96. The predicted molar refractivity (Wildman–Crippen MR) is 121 cm³/mol. The van der Waals surface area contributed by atoms with E-state index in [0.717, 1.165) is 16.7 Å². The lowest BCUT2D eigenvalue weighted by Crippen LogP contribution is -2.49. The molecule has 0 aliphatic carbocycles. The number of amides is 2. The maximum absolute atomic E-state index is 13.0. The van der Waals surface area contributed by atoms with Gasteiger partial charge >= 0.3 is 0 Å². The van der Waals surface area contributed by atoms with Gasteiger partial charge in [0, 0.05) is 18.1 Å². The van der Waals surface area contributed by atoms with Crippen LogP contribution in [0.5, 0.6) is 5.75 Å². The number of rotatable bonds is 9. The van der Waals surface area contributed by atoms with Crippen LogP contribution in [0.25, 0.3) is 0 Å². The second-order valence-electron chi connectivity index (χ2n) is 8.00. The number of carbonyl (C=O) groups is 2. The second kappa shape index (κ2) is 11.0. The van der Waals surface area contributed by atoms with Gasteiger partial charge in [-0.05, 0) is 67.6 Å². The Morgan fingerprint density at radius 3 is 2.30 bits per heavy atom. The molecule has 0 aromatic heterocycles. The summed E-state index contributed by atoms with van der Waals surface area (Å²) in [4.78, 5) is 27.2. The zero-order valence-corrected chi connectivity index (χ0v) is 19.1. The first-order valence-corrected chi connectivity index (χ1v) is 10.6. The summed E-state index contributed by atoms with van der Waals surface area (Å²) in [5.74, 6) is 0.525. The fraction of sp³-hybridized carbons (Fsp3) is 0.417. The average molecular weight is 431 g/mol. The van der Waals surface area contributed by atoms with E-state index in [9.17, 15) is 9.59 Å². The number of nitrogens with zero attached hydrogens (tertiary/aromatic N) is 1. The molecule has 162 valence electrons. The van der Waals surface area contributed by atoms with Crippen LogP contribution in [0.1, 0.15) is 37.5 Å². The fourth-order valence-electron chi connectivity index (χ4n) is 2.85. The first kappa shape index (κ1) is 23.7. The van der Waals surface area contributed by atoms with Gasteiger partial charge in [-0.25, -0.2) is 0 Å². The molecule has 0 saturated carbocycles. The van der Waals surface area contributed by atoms with Crippen LogP contribution in [0.4, 0.5) is 0 Å². The standard InChI is InChI=1S/C24H31ClN2O3/c1-16(2)13-26-24(29)19(5)27(14-20-7-9-21(25)10-8-20)23(28)15-30-22-11-6-17(3)18(4)12-22/h6-12,16,19H,13-15H2,1-5H3,(H,26,29)/t19-/m0/s1. The Labute approximate surface area is 184 Å². The molecule has 0 aliphatic rings. The molecule has 5 nitrogen and oxygen atoms in total. The number of ether oxygens (including phenoxy) is 1. The highest BCUT2D eigenvalue weighted by atomic mass is 35.5. The number of aryl methyl sites for hydroxylation is 2. The molecule has 0 spiro atoms. The number of nitrogens with one attached hydrogen (secondary N) is 1. The Morgan fingerprint density at radius 2 is 1.70 bits per heavy atom. The molecule has 0 fully saturated rings. The molecule has 1 atom stereocenters. The van der Waals surface area contributed by atoms with E-state index >= 15 is 0 Å². The summed E-state index contributed by atoms with van der Waals surface area (Å²) < 4.78 is 5.73. The van der Waals surface area contributed by atoms with E-state index in [2.05, 4.69) is 5.32 Å². The maximum Gasteiger partial charge on any atom is 0.261 e. The predicted octanol–water partition coefficient (Wildman–Crippen LogP) is 4.53. The first-order valence-electron chi connectivity index (χ1n) is 10.2. The van der Waals surface area contributed by atoms with Crippen LogP contribution in [0.15, 0.2) is 42.5 Å². The molecule has 0 bridgehead atoms. The van der Waals surface area contributed by atoms with Gasteiger partial charge in [0.05, 0.1) is 0 Å². The van der Waals surface area contributed by atoms with Gasteiger partial charge in [-0.2, -0.15) is 0 Å². The minimum Gasteiger partial charge on any atom is -0.484 e. The molecule has 0 heterocycles. The van der Waals surface area contributed by atoms with Crippen LogP contribution in [0, 0.1) is 19.8 Å². The Hall–Kier alpha value is -2.53. The Morgan fingerprint density at radius 1 is 1.03 bits per heavy atom. The molecule has 6 heteroatoms. The van der Waals surface area contributed by atoms with Gasteiger partial charge in [-0.1, -0.05) is 43.6 Å². The molecule has 30 heavy (non-hydrogen) atoms. The molecular formula is C24H31ClN2O3. The summed E-state index contributed by atoms with van der Waals surface area (Å²) in [6.07, 6.45) is 0. The topological polar surface area (TPSA) is 58.6 Å². The van der Waals surface area contributed by atoms with E-state index in [1.807, 2.05) is 58.0 Å². The van der Waals surface area contributed by atoms with E-state index in [-0.39, 0.29) is 18.4 Å². The van der Waals surface area contributed by atoms with Crippen LogP contribution < -0.4 is 10.1 Å². The van der Waals surface area contributed by atoms with Crippen molar-refractivity contribution in [2.24, 2.45) is 5.92 Å². The van der Waals surface area contributed by atoms with Crippen LogP contribution in [-0.4, -0.2) is 35.9 Å².